The molecule has 0 saturated carbocycles. The summed E-state index contributed by atoms with van der Waals surface area (Å²) >= 11 is 0. The Morgan fingerprint density at radius 1 is 1.11 bits per heavy atom. The Bertz CT molecular complexity index is 680. The van der Waals surface area contributed by atoms with Gasteiger partial charge in [0.15, 0.2) is 5.41 Å². The minimum Gasteiger partial charge on any atom is -0.465 e. The molecule has 1 aliphatic heterocycles. The molecule has 1 heterocycles. The van der Waals surface area contributed by atoms with E-state index in [-0.39, 0.29) is 19.6 Å². The van der Waals surface area contributed by atoms with Gasteiger partial charge >= 0.3 is 11.9 Å². The maximum atomic E-state index is 13.2. The molecule has 0 aromatic heterocycles. The van der Waals surface area contributed by atoms with E-state index in [1.54, 1.807) is 18.2 Å². The fourth-order valence-corrected chi connectivity index (χ4v) is 4.90. The van der Waals surface area contributed by atoms with Gasteiger partial charge in [-0.25, -0.2) is 8.51 Å². The zero-order valence-electron chi connectivity index (χ0n) is 16.7. The van der Waals surface area contributed by atoms with Gasteiger partial charge in [-0.15, -0.1) is 0 Å². The summed E-state index contributed by atoms with van der Waals surface area (Å²) < 4.78 is 25.0. The molecule has 0 amide bonds. The molecule has 1 fully saturated rings. The van der Waals surface area contributed by atoms with Crippen molar-refractivity contribution in [3.63, 3.8) is 0 Å². The molecule has 1 saturated heterocycles. The molecule has 0 radical (unpaired) electrons. The number of nitrogens with zero attached hydrogens (tertiary/aromatic N) is 1. The van der Waals surface area contributed by atoms with Gasteiger partial charge in [-0.05, 0) is 46.6 Å². The van der Waals surface area contributed by atoms with Crippen LogP contribution in [-0.4, -0.2) is 45.0 Å². The van der Waals surface area contributed by atoms with E-state index < -0.39 is 39.1 Å². The highest BCUT2D eigenvalue weighted by Gasteiger charge is 2.62. The van der Waals surface area contributed by atoms with Crippen molar-refractivity contribution in [1.82, 2.24) is 4.31 Å². The van der Waals surface area contributed by atoms with Gasteiger partial charge < -0.3 is 9.47 Å². The fraction of sp³-hybridized carbons (Fsp3) is 0.600. The number of carbonyl (C=O) groups is 2. The van der Waals surface area contributed by atoms with Gasteiger partial charge in [0, 0.05) is 6.54 Å². The molecule has 1 aromatic carbocycles. The Balaban J connectivity index is 2.64. The van der Waals surface area contributed by atoms with Gasteiger partial charge in [0.05, 0.1) is 24.0 Å². The molecule has 1 aromatic rings. The highest BCUT2D eigenvalue weighted by Crippen LogP contribution is 2.50. The SMILES string of the molecule is CCOC(=O)C1(C(=O)OCC)CCN([S@](=O)C(C)(C)C)[C@@H]1c1ccccc1. The van der Waals surface area contributed by atoms with Gasteiger partial charge in [-0.2, -0.15) is 0 Å². The summed E-state index contributed by atoms with van der Waals surface area (Å²) in [6.45, 7) is 9.68. The number of ether oxygens (including phenoxy) is 2. The first kappa shape index (κ1) is 21.6. The molecule has 0 bridgehead atoms. The summed E-state index contributed by atoms with van der Waals surface area (Å²) in [6, 6.07) is 8.52. The van der Waals surface area contributed by atoms with Gasteiger partial charge in [0.2, 0.25) is 0 Å². The first-order valence-corrected chi connectivity index (χ1v) is 10.4. The van der Waals surface area contributed by atoms with E-state index in [4.69, 9.17) is 9.47 Å². The van der Waals surface area contributed by atoms with Crippen LogP contribution in [0.2, 0.25) is 0 Å². The molecule has 2 atom stereocenters. The maximum Gasteiger partial charge on any atom is 0.325 e. The predicted octanol–water partition coefficient (Wildman–Crippen LogP) is 3.01. The van der Waals surface area contributed by atoms with Crippen molar-refractivity contribution in [3.05, 3.63) is 35.9 Å². The lowest BCUT2D eigenvalue weighted by molar-refractivity contribution is -0.173. The normalized spacial score (nSPS) is 20.9. The van der Waals surface area contributed by atoms with Gasteiger partial charge in [0.25, 0.3) is 0 Å². The molecular formula is C20H29NO5S. The minimum absolute atomic E-state index is 0.157. The first-order valence-electron chi connectivity index (χ1n) is 9.28. The molecule has 27 heavy (non-hydrogen) atoms. The average molecular weight is 396 g/mol. The van der Waals surface area contributed by atoms with Crippen LogP contribution in [0.25, 0.3) is 0 Å². The number of esters is 2. The molecular weight excluding hydrogens is 366 g/mol. The van der Waals surface area contributed by atoms with Crippen LogP contribution >= 0.6 is 0 Å². The molecule has 6 nitrogen and oxygen atoms in total. The number of hydrogen-bond acceptors (Lipinski definition) is 5. The summed E-state index contributed by atoms with van der Waals surface area (Å²) in [5, 5.41) is 0. The standard InChI is InChI=1S/C20H29NO5S/c1-6-25-17(22)20(18(23)26-7-2)13-14-21(27(24)19(3,4)5)16(20)15-11-9-8-10-12-15/h8-12,16H,6-7,13-14H2,1-5H3/t16-,27-/m1/s1. The smallest absolute Gasteiger partial charge is 0.325 e. The van der Waals surface area contributed by atoms with Crippen LogP contribution in [0.4, 0.5) is 0 Å². The molecule has 7 heteroatoms. The molecule has 0 spiro atoms. The second-order valence-electron chi connectivity index (χ2n) is 7.48. The molecule has 0 aliphatic carbocycles. The minimum atomic E-state index is -1.53. The van der Waals surface area contributed by atoms with Crippen molar-refractivity contribution in [2.24, 2.45) is 5.41 Å². The van der Waals surface area contributed by atoms with Gasteiger partial charge in [-0.1, -0.05) is 30.3 Å². The van der Waals surface area contributed by atoms with Crippen LogP contribution in [0.1, 0.15) is 52.6 Å². The summed E-state index contributed by atoms with van der Waals surface area (Å²) in [5.41, 5.74) is -0.789. The quantitative estimate of drug-likeness (QED) is 0.547. The van der Waals surface area contributed by atoms with Crippen molar-refractivity contribution >= 4 is 22.9 Å². The van der Waals surface area contributed by atoms with E-state index in [1.807, 2.05) is 51.1 Å². The third-order valence-electron chi connectivity index (χ3n) is 4.61. The van der Waals surface area contributed by atoms with Crippen LogP contribution in [0, 0.1) is 5.41 Å². The Labute approximate surface area is 163 Å². The molecule has 0 unspecified atom stereocenters. The highest BCUT2D eigenvalue weighted by molar-refractivity contribution is 7.84. The second-order valence-corrected chi connectivity index (χ2v) is 9.67. The van der Waals surface area contributed by atoms with E-state index in [0.717, 1.165) is 5.56 Å². The number of benzene rings is 1. The van der Waals surface area contributed by atoms with E-state index in [2.05, 4.69) is 0 Å². The third-order valence-corrected chi connectivity index (χ3v) is 6.48. The van der Waals surface area contributed by atoms with Crippen molar-refractivity contribution < 1.29 is 23.3 Å². The predicted molar refractivity (Wildman–Crippen MR) is 104 cm³/mol. The summed E-state index contributed by atoms with van der Waals surface area (Å²) in [5.74, 6) is -1.24. The Hall–Kier alpha value is -1.73. The second kappa shape index (κ2) is 8.52. The number of hydrogen-bond donors (Lipinski definition) is 0. The maximum absolute atomic E-state index is 13.2. The topological polar surface area (TPSA) is 72.9 Å². The van der Waals surface area contributed by atoms with E-state index >= 15 is 0 Å². The van der Waals surface area contributed by atoms with Crippen molar-refractivity contribution in [2.75, 3.05) is 19.8 Å². The zero-order chi connectivity index (χ0) is 20.2. The number of carbonyl (C=O) groups excluding carboxylic acids is 2. The lowest BCUT2D eigenvalue weighted by Gasteiger charge is -2.36. The summed E-state index contributed by atoms with van der Waals surface area (Å²) in [6.07, 6.45) is 0.200. The molecule has 1 aliphatic rings. The van der Waals surface area contributed by atoms with Crippen molar-refractivity contribution in [1.29, 1.82) is 0 Å². The lowest BCUT2D eigenvalue weighted by atomic mass is 9.77. The van der Waals surface area contributed by atoms with Crippen LogP contribution < -0.4 is 0 Å². The molecule has 150 valence electrons. The number of rotatable bonds is 6. The average Bonchev–Trinajstić information content (AvgIpc) is 3.02. The monoisotopic (exact) mass is 395 g/mol. The van der Waals surface area contributed by atoms with Crippen LogP contribution in [-0.2, 0) is 30.0 Å². The Morgan fingerprint density at radius 3 is 2.07 bits per heavy atom. The fourth-order valence-electron chi connectivity index (χ4n) is 3.45. The Morgan fingerprint density at radius 2 is 1.63 bits per heavy atom. The van der Waals surface area contributed by atoms with Crippen LogP contribution in [0.15, 0.2) is 30.3 Å². The van der Waals surface area contributed by atoms with E-state index in [9.17, 15) is 13.8 Å². The van der Waals surface area contributed by atoms with Crippen molar-refractivity contribution in [3.8, 4) is 0 Å². The third kappa shape index (κ3) is 4.09. The van der Waals surface area contributed by atoms with Gasteiger partial charge in [0.1, 0.15) is 11.0 Å². The summed E-state index contributed by atoms with van der Waals surface area (Å²) in [7, 11) is -1.41. The van der Waals surface area contributed by atoms with Crippen LogP contribution in [0.5, 0.6) is 0 Å². The molecule has 2 rings (SSSR count). The summed E-state index contributed by atoms with van der Waals surface area (Å²) in [4.78, 5) is 26.1. The van der Waals surface area contributed by atoms with Crippen LogP contribution in [0.3, 0.4) is 0 Å². The largest absolute Gasteiger partial charge is 0.465 e. The van der Waals surface area contributed by atoms with Gasteiger partial charge in [-0.3, -0.25) is 9.59 Å². The van der Waals surface area contributed by atoms with Crippen molar-refractivity contribution in [2.45, 2.75) is 51.8 Å². The van der Waals surface area contributed by atoms with E-state index in [1.165, 1.54) is 0 Å². The first-order chi connectivity index (χ1) is 12.7. The zero-order valence-corrected chi connectivity index (χ0v) is 17.5. The van der Waals surface area contributed by atoms with E-state index in [0.29, 0.717) is 6.54 Å². The highest BCUT2D eigenvalue weighted by atomic mass is 32.2. The lowest BCUT2D eigenvalue weighted by Crippen LogP contribution is -2.48. The Kier molecular flexibility index (Phi) is 6.81. The molecule has 0 N–H and O–H groups in total.